The molecule has 0 saturated carbocycles. The molecule has 1 rings (SSSR count). The van der Waals surface area contributed by atoms with Crippen LogP contribution in [0.1, 0.15) is 27.2 Å². The number of nitrogens with zero attached hydrogens (tertiary/aromatic N) is 1. The summed E-state index contributed by atoms with van der Waals surface area (Å²) < 4.78 is 5.70. The van der Waals surface area contributed by atoms with Crippen LogP contribution in [0.15, 0.2) is 0 Å². The van der Waals surface area contributed by atoms with Gasteiger partial charge in [0.25, 0.3) is 0 Å². The van der Waals surface area contributed by atoms with E-state index in [1.807, 2.05) is 0 Å². The van der Waals surface area contributed by atoms with E-state index in [9.17, 15) is 0 Å². The van der Waals surface area contributed by atoms with Crippen LogP contribution in [0, 0.1) is 5.92 Å². The minimum absolute atomic E-state index is 0.385. The standard InChI is InChI=1S/C11H23NOS/c1-4-11(8-14)7-12-5-9(2)13-10(3)6-12/h9-11,14H,4-8H2,1-3H3. The second-order valence-electron chi connectivity index (χ2n) is 4.43. The Morgan fingerprint density at radius 3 is 2.36 bits per heavy atom. The van der Waals surface area contributed by atoms with Gasteiger partial charge in [0.1, 0.15) is 0 Å². The van der Waals surface area contributed by atoms with E-state index in [4.69, 9.17) is 4.74 Å². The Labute approximate surface area is 93.4 Å². The zero-order valence-corrected chi connectivity index (χ0v) is 10.5. The molecule has 2 nitrogen and oxygen atoms in total. The lowest BCUT2D eigenvalue weighted by atomic mass is 10.1. The number of hydrogen-bond acceptors (Lipinski definition) is 3. The van der Waals surface area contributed by atoms with E-state index in [0.29, 0.717) is 12.2 Å². The van der Waals surface area contributed by atoms with Crippen molar-refractivity contribution in [3.05, 3.63) is 0 Å². The van der Waals surface area contributed by atoms with E-state index in [2.05, 4.69) is 38.3 Å². The van der Waals surface area contributed by atoms with Crippen molar-refractivity contribution in [1.29, 1.82) is 0 Å². The van der Waals surface area contributed by atoms with Gasteiger partial charge in [0.15, 0.2) is 0 Å². The number of rotatable bonds is 4. The molecular weight excluding hydrogens is 194 g/mol. The van der Waals surface area contributed by atoms with Crippen LogP contribution in [0.25, 0.3) is 0 Å². The van der Waals surface area contributed by atoms with Crippen molar-refractivity contribution in [3.63, 3.8) is 0 Å². The minimum atomic E-state index is 0.385. The van der Waals surface area contributed by atoms with Gasteiger partial charge in [-0.1, -0.05) is 13.3 Å². The maximum Gasteiger partial charge on any atom is 0.0678 e. The summed E-state index contributed by atoms with van der Waals surface area (Å²) in [5, 5.41) is 0. The molecule has 1 aliphatic rings. The fourth-order valence-electron chi connectivity index (χ4n) is 2.11. The molecule has 0 aromatic carbocycles. The first-order valence-electron chi connectivity index (χ1n) is 5.64. The largest absolute Gasteiger partial charge is 0.373 e. The van der Waals surface area contributed by atoms with Gasteiger partial charge in [-0.15, -0.1) is 0 Å². The maximum absolute atomic E-state index is 5.70. The number of hydrogen-bond donors (Lipinski definition) is 1. The number of ether oxygens (including phenoxy) is 1. The summed E-state index contributed by atoms with van der Waals surface area (Å²) in [4.78, 5) is 2.52. The summed E-state index contributed by atoms with van der Waals surface area (Å²) in [5.41, 5.74) is 0. The lowest BCUT2D eigenvalue weighted by Gasteiger charge is -2.36. The van der Waals surface area contributed by atoms with E-state index in [0.717, 1.165) is 24.8 Å². The van der Waals surface area contributed by atoms with Crippen molar-refractivity contribution in [3.8, 4) is 0 Å². The van der Waals surface area contributed by atoms with Crippen molar-refractivity contribution in [2.75, 3.05) is 25.4 Å². The highest BCUT2D eigenvalue weighted by Crippen LogP contribution is 2.14. The molecule has 84 valence electrons. The van der Waals surface area contributed by atoms with Crippen LogP contribution in [0.5, 0.6) is 0 Å². The summed E-state index contributed by atoms with van der Waals surface area (Å²) in [6.45, 7) is 9.89. The average molecular weight is 217 g/mol. The van der Waals surface area contributed by atoms with Gasteiger partial charge >= 0.3 is 0 Å². The topological polar surface area (TPSA) is 12.5 Å². The monoisotopic (exact) mass is 217 g/mol. The molecule has 1 heterocycles. The summed E-state index contributed by atoms with van der Waals surface area (Å²) in [6, 6.07) is 0. The molecule has 1 aliphatic heterocycles. The first-order chi connectivity index (χ1) is 6.65. The zero-order chi connectivity index (χ0) is 10.6. The first kappa shape index (κ1) is 12.3. The molecule has 0 aliphatic carbocycles. The van der Waals surface area contributed by atoms with Gasteiger partial charge in [-0.25, -0.2) is 0 Å². The fourth-order valence-corrected chi connectivity index (χ4v) is 2.49. The molecule has 3 atom stereocenters. The minimum Gasteiger partial charge on any atom is -0.373 e. The molecule has 0 radical (unpaired) electrons. The van der Waals surface area contributed by atoms with Crippen molar-refractivity contribution >= 4 is 12.6 Å². The highest BCUT2D eigenvalue weighted by molar-refractivity contribution is 7.80. The smallest absolute Gasteiger partial charge is 0.0678 e. The lowest BCUT2D eigenvalue weighted by Crippen LogP contribution is -2.47. The Morgan fingerprint density at radius 1 is 1.36 bits per heavy atom. The molecule has 0 spiro atoms. The van der Waals surface area contributed by atoms with E-state index >= 15 is 0 Å². The summed E-state index contributed by atoms with van der Waals surface area (Å²) >= 11 is 4.38. The highest BCUT2D eigenvalue weighted by Gasteiger charge is 2.23. The SMILES string of the molecule is CCC(CS)CN1CC(C)OC(C)C1. The molecule has 0 N–H and O–H groups in total. The Bertz CT molecular complexity index is 151. The molecule has 0 bridgehead atoms. The van der Waals surface area contributed by atoms with Crippen molar-refractivity contribution in [1.82, 2.24) is 4.90 Å². The molecule has 3 unspecified atom stereocenters. The van der Waals surface area contributed by atoms with Gasteiger partial charge in [0.05, 0.1) is 12.2 Å². The Balaban J connectivity index is 2.35. The first-order valence-corrected chi connectivity index (χ1v) is 6.27. The molecule has 3 heteroatoms. The van der Waals surface area contributed by atoms with Crippen LogP contribution in [-0.2, 0) is 4.74 Å². The third-order valence-electron chi connectivity index (χ3n) is 2.85. The third-order valence-corrected chi connectivity index (χ3v) is 3.36. The summed E-state index contributed by atoms with van der Waals surface area (Å²) in [5.74, 6) is 1.73. The Kier molecular flexibility index (Phi) is 5.28. The molecular formula is C11H23NOS. The summed E-state index contributed by atoms with van der Waals surface area (Å²) in [7, 11) is 0. The van der Waals surface area contributed by atoms with E-state index < -0.39 is 0 Å². The van der Waals surface area contributed by atoms with Gasteiger partial charge in [0.2, 0.25) is 0 Å². The predicted molar refractivity (Wildman–Crippen MR) is 64.1 cm³/mol. The van der Waals surface area contributed by atoms with Gasteiger partial charge in [-0.2, -0.15) is 12.6 Å². The number of morpholine rings is 1. The molecule has 0 amide bonds. The molecule has 0 aromatic heterocycles. The fraction of sp³-hybridized carbons (Fsp3) is 1.00. The lowest BCUT2D eigenvalue weighted by molar-refractivity contribution is -0.0708. The van der Waals surface area contributed by atoms with Crippen LogP contribution < -0.4 is 0 Å². The van der Waals surface area contributed by atoms with Crippen LogP contribution in [0.3, 0.4) is 0 Å². The van der Waals surface area contributed by atoms with Gasteiger partial charge in [-0.05, 0) is 25.5 Å². The number of thiol groups is 1. The van der Waals surface area contributed by atoms with E-state index in [1.54, 1.807) is 0 Å². The predicted octanol–water partition coefficient (Wildman–Crippen LogP) is 2.05. The highest BCUT2D eigenvalue weighted by atomic mass is 32.1. The zero-order valence-electron chi connectivity index (χ0n) is 9.57. The Morgan fingerprint density at radius 2 is 1.93 bits per heavy atom. The van der Waals surface area contributed by atoms with Crippen molar-refractivity contribution in [2.24, 2.45) is 5.92 Å². The van der Waals surface area contributed by atoms with Crippen LogP contribution >= 0.6 is 12.6 Å². The van der Waals surface area contributed by atoms with Gasteiger partial charge < -0.3 is 4.74 Å². The normalized spacial score (nSPS) is 31.7. The van der Waals surface area contributed by atoms with Crippen LogP contribution in [0.4, 0.5) is 0 Å². The quantitative estimate of drug-likeness (QED) is 0.724. The van der Waals surface area contributed by atoms with Crippen LogP contribution in [-0.4, -0.2) is 42.5 Å². The third kappa shape index (κ3) is 3.79. The Hall–Kier alpha value is 0.270. The average Bonchev–Trinajstić information content (AvgIpc) is 2.12. The van der Waals surface area contributed by atoms with Crippen molar-refractivity contribution < 1.29 is 4.74 Å². The second-order valence-corrected chi connectivity index (χ2v) is 4.80. The maximum atomic E-state index is 5.70. The molecule has 14 heavy (non-hydrogen) atoms. The van der Waals surface area contributed by atoms with E-state index in [1.165, 1.54) is 13.0 Å². The molecule has 1 saturated heterocycles. The molecule has 0 aromatic rings. The van der Waals surface area contributed by atoms with Gasteiger partial charge in [0, 0.05) is 19.6 Å². The summed E-state index contributed by atoms with van der Waals surface area (Å²) in [6.07, 6.45) is 2.00. The van der Waals surface area contributed by atoms with E-state index in [-0.39, 0.29) is 0 Å². The molecule has 1 fully saturated rings. The van der Waals surface area contributed by atoms with Crippen molar-refractivity contribution in [2.45, 2.75) is 39.4 Å². The van der Waals surface area contributed by atoms with Crippen LogP contribution in [0.2, 0.25) is 0 Å². The second kappa shape index (κ2) is 5.99. The van der Waals surface area contributed by atoms with Gasteiger partial charge in [-0.3, -0.25) is 4.90 Å².